The van der Waals surface area contributed by atoms with Crippen LogP contribution in [0.3, 0.4) is 0 Å². The van der Waals surface area contributed by atoms with Gasteiger partial charge in [0.2, 0.25) is 0 Å². The average molecular weight is 223 g/mol. The van der Waals surface area contributed by atoms with Crippen LogP contribution < -0.4 is 4.74 Å². The number of benzene rings is 1. The first-order valence-electron chi connectivity index (χ1n) is 5.99. The Labute approximate surface area is 101 Å². The van der Waals surface area contributed by atoms with Gasteiger partial charge in [0.05, 0.1) is 7.11 Å². The van der Waals surface area contributed by atoms with Gasteiger partial charge in [-0.05, 0) is 30.2 Å². The van der Waals surface area contributed by atoms with Crippen LogP contribution in [-0.4, -0.2) is 12.1 Å². The van der Waals surface area contributed by atoms with Crippen molar-refractivity contribution in [3.63, 3.8) is 0 Å². The van der Waals surface area contributed by atoms with E-state index in [0.717, 1.165) is 12.2 Å². The van der Waals surface area contributed by atoms with E-state index in [2.05, 4.69) is 30.2 Å². The molecule has 1 aromatic carbocycles. The van der Waals surface area contributed by atoms with Crippen LogP contribution in [0.4, 0.5) is 0 Å². The Morgan fingerprint density at radius 1 is 1.31 bits per heavy atom. The average Bonchev–Trinajstić information content (AvgIpc) is 2.75. The molecule has 0 radical (unpaired) electrons. The zero-order chi connectivity index (χ0) is 12.0. The van der Waals surface area contributed by atoms with Gasteiger partial charge in [-0.25, -0.2) is 0 Å². The van der Waals surface area contributed by atoms with Crippen LogP contribution in [0.2, 0.25) is 0 Å². The van der Waals surface area contributed by atoms with Gasteiger partial charge in [0.1, 0.15) is 5.75 Å². The highest BCUT2D eigenvalue weighted by Gasteiger charge is 2.03. The molecular formula is C14H25NO. The number of nitrogens with one attached hydrogen (secondary N) is 1. The Kier molecular flexibility index (Phi) is 4.90. The summed E-state index contributed by atoms with van der Waals surface area (Å²) in [5, 5.41) is 1.28. The Hall–Kier alpha value is -1.44. The van der Waals surface area contributed by atoms with Gasteiger partial charge in [-0.15, -0.1) is 0 Å². The zero-order valence-electron chi connectivity index (χ0n) is 10.6. The van der Waals surface area contributed by atoms with E-state index in [0.29, 0.717) is 0 Å². The molecule has 0 aliphatic carbocycles. The highest BCUT2D eigenvalue weighted by molar-refractivity contribution is 5.84. The van der Waals surface area contributed by atoms with E-state index in [-0.39, 0.29) is 2.85 Å². The standard InChI is InChI=1S/C12H15NO.C2H6.2H2/c1-3-4-9-8-13-12-6-5-10(14-2)7-11(9)12;1-2;;/h5-8,13H,3-4H2,1-2H3;1-2H3;2*1H. The maximum atomic E-state index is 5.21. The summed E-state index contributed by atoms with van der Waals surface area (Å²) in [5.74, 6) is 0.925. The third kappa shape index (κ3) is 2.57. The van der Waals surface area contributed by atoms with Crippen molar-refractivity contribution in [2.45, 2.75) is 33.6 Å². The number of ether oxygens (including phenoxy) is 1. The lowest BCUT2D eigenvalue weighted by Gasteiger charge is -2.00. The molecule has 0 amide bonds. The van der Waals surface area contributed by atoms with E-state index < -0.39 is 0 Å². The monoisotopic (exact) mass is 223 g/mol. The van der Waals surface area contributed by atoms with Crippen molar-refractivity contribution < 1.29 is 7.59 Å². The number of fused-ring (bicyclic) bond motifs is 1. The fraction of sp³-hybridized carbons (Fsp3) is 0.429. The number of aromatic amines is 1. The molecule has 0 saturated heterocycles. The van der Waals surface area contributed by atoms with E-state index in [1.807, 2.05) is 19.9 Å². The minimum atomic E-state index is 0. The maximum Gasteiger partial charge on any atom is 0.119 e. The molecule has 0 spiro atoms. The minimum absolute atomic E-state index is 0. The summed E-state index contributed by atoms with van der Waals surface area (Å²) < 4.78 is 5.21. The number of rotatable bonds is 3. The highest BCUT2D eigenvalue weighted by atomic mass is 16.5. The topological polar surface area (TPSA) is 25.0 Å². The number of H-pyrrole nitrogens is 1. The fourth-order valence-corrected chi connectivity index (χ4v) is 1.76. The van der Waals surface area contributed by atoms with E-state index in [1.54, 1.807) is 7.11 Å². The minimum Gasteiger partial charge on any atom is -0.497 e. The molecule has 0 bridgehead atoms. The Morgan fingerprint density at radius 2 is 2.06 bits per heavy atom. The fourth-order valence-electron chi connectivity index (χ4n) is 1.76. The third-order valence-corrected chi connectivity index (χ3v) is 2.49. The predicted octanol–water partition coefficient (Wildman–Crippen LogP) is 4.65. The second-order valence-corrected chi connectivity index (χ2v) is 3.48. The van der Waals surface area contributed by atoms with Crippen molar-refractivity contribution in [1.29, 1.82) is 0 Å². The second kappa shape index (κ2) is 6.21. The number of methoxy groups -OCH3 is 1. The summed E-state index contributed by atoms with van der Waals surface area (Å²) in [7, 11) is 1.70. The maximum absolute atomic E-state index is 5.21. The molecule has 2 heteroatoms. The highest BCUT2D eigenvalue weighted by Crippen LogP contribution is 2.24. The van der Waals surface area contributed by atoms with Crippen molar-refractivity contribution in [1.82, 2.24) is 4.98 Å². The number of hydrogen-bond acceptors (Lipinski definition) is 1. The van der Waals surface area contributed by atoms with Gasteiger partial charge >= 0.3 is 0 Å². The molecule has 0 saturated carbocycles. The molecule has 2 aromatic rings. The first kappa shape index (κ1) is 12.6. The lowest BCUT2D eigenvalue weighted by atomic mass is 10.1. The van der Waals surface area contributed by atoms with E-state index >= 15 is 0 Å². The molecule has 0 aliphatic heterocycles. The van der Waals surface area contributed by atoms with Crippen molar-refractivity contribution in [2.75, 3.05) is 7.11 Å². The Morgan fingerprint density at radius 3 is 2.69 bits per heavy atom. The van der Waals surface area contributed by atoms with Gasteiger partial charge in [-0.2, -0.15) is 0 Å². The van der Waals surface area contributed by atoms with Gasteiger partial charge in [0, 0.05) is 20.0 Å². The second-order valence-electron chi connectivity index (χ2n) is 3.48. The molecule has 1 heterocycles. The summed E-state index contributed by atoms with van der Waals surface area (Å²) in [6.45, 7) is 6.19. The number of aryl methyl sites for hydroxylation is 1. The van der Waals surface area contributed by atoms with Crippen molar-refractivity contribution >= 4 is 10.9 Å². The van der Waals surface area contributed by atoms with Crippen LogP contribution in [0.1, 0.15) is 35.6 Å². The Balaban J connectivity index is 0. The van der Waals surface area contributed by atoms with E-state index in [1.165, 1.54) is 22.9 Å². The first-order chi connectivity index (χ1) is 7.85. The number of aromatic nitrogens is 1. The van der Waals surface area contributed by atoms with Crippen LogP contribution in [0.15, 0.2) is 24.4 Å². The third-order valence-electron chi connectivity index (χ3n) is 2.49. The van der Waals surface area contributed by atoms with Gasteiger partial charge in [-0.1, -0.05) is 27.2 Å². The summed E-state index contributed by atoms with van der Waals surface area (Å²) in [5.41, 5.74) is 2.57. The van der Waals surface area contributed by atoms with Crippen LogP contribution in [0, 0.1) is 0 Å². The van der Waals surface area contributed by atoms with Crippen LogP contribution in [0.5, 0.6) is 5.75 Å². The summed E-state index contributed by atoms with van der Waals surface area (Å²) in [6.07, 6.45) is 4.38. The molecule has 1 aromatic heterocycles. The molecule has 2 nitrogen and oxygen atoms in total. The Bertz CT molecular complexity index is 440. The smallest absolute Gasteiger partial charge is 0.119 e. The van der Waals surface area contributed by atoms with Crippen LogP contribution in [-0.2, 0) is 6.42 Å². The van der Waals surface area contributed by atoms with E-state index in [9.17, 15) is 0 Å². The normalized spacial score (nSPS) is 9.75. The largest absolute Gasteiger partial charge is 0.497 e. The first-order valence-corrected chi connectivity index (χ1v) is 5.99. The summed E-state index contributed by atoms with van der Waals surface area (Å²) in [4.78, 5) is 3.27. The zero-order valence-corrected chi connectivity index (χ0v) is 10.6. The lowest BCUT2D eigenvalue weighted by Crippen LogP contribution is -1.83. The predicted molar refractivity (Wildman–Crippen MR) is 74.4 cm³/mol. The van der Waals surface area contributed by atoms with Gasteiger partial charge in [0.25, 0.3) is 0 Å². The molecule has 0 unspecified atom stereocenters. The molecule has 0 fully saturated rings. The number of hydrogen-bond donors (Lipinski definition) is 1. The molecule has 2 rings (SSSR count). The van der Waals surface area contributed by atoms with Crippen molar-refractivity contribution in [3.05, 3.63) is 30.0 Å². The summed E-state index contributed by atoms with van der Waals surface area (Å²) in [6, 6.07) is 6.14. The SMILES string of the molecule is CC.CCCc1c[nH]c2ccc(OC)cc12.[HH].[HH]. The van der Waals surface area contributed by atoms with Crippen LogP contribution in [0.25, 0.3) is 10.9 Å². The summed E-state index contributed by atoms with van der Waals surface area (Å²) >= 11 is 0. The molecule has 0 atom stereocenters. The van der Waals surface area contributed by atoms with Crippen molar-refractivity contribution in [2.24, 2.45) is 0 Å². The van der Waals surface area contributed by atoms with Gasteiger partial charge in [0.15, 0.2) is 0 Å². The quantitative estimate of drug-likeness (QED) is 0.805. The van der Waals surface area contributed by atoms with Gasteiger partial charge in [-0.3, -0.25) is 0 Å². The van der Waals surface area contributed by atoms with Crippen molar-refractivity contribution in [3.8, 4) is 5.75 Å². The molecular weight excluding hydrogens is 198 g/mol. The van der Waals surface area contributed by atoms with Crippen LogP contribution >= 0.6 is 0 Å². The lowest BCUT2D eigenvalue weighted by molar-refractivity contribution is 0.415. The van der Waals surface area contributed by atoms with Gasteiger partial charge < -0.3 is 9.72 Å². The molecule has 16 heavy (non-hydrogen) atoms. The molecule has 1 N–H and O–H groups in total. The molecule has 0 aliphatic rings. The molecule has 92 valence electrons. The van der Waals surface area contributed by atoms with E-state index in [4.69, 9.17) is 4.74 Å².